The molecule has 0 saturated heterocycles. The number of ether oxygens (including phenoxy) is 1. The summed E-state index contributed by atoms with van der Waals surface area (Å²) < 4.78 is 5.57. The highest BCUT2D eigenvalue weighted by molar-refractivity contribution is 6.32. The fourth-order valence-electron chi connectivity index (χ4n) is 2.11. The van der Waals surface area contributed by atoms with Gasteiger partial charge in [-0.2, -0.15) is 0 Å². The lowest BCUT2D eigenvalue weighted by Gasteiger charge is -2.13. The summed E-state index contributed by atoms with van der Waals surface area (Å²) in [5.74, 6) is 0.552. The van der Waals surface area contributed by atoms with Crippen molar-refractivity contribution in [2.24, 2.45) is 0 Å². The molecule has 0 aliphatic carbocycles. The van der Waals surface area contributed by atoms with Crippen LogP contribution in [0.25, 0.3) is 0 Å². The molecule has 0 spiro atoms. The number of nitrogens with one attached hydrogen (secondary N) is 1. The van der Waals surface area contributed by atoms with Gasteiger partial charge in [0.05, 0.1) is 17.5 Å². The number of hydrogen-bond acceptors (Lipinski definition) is 2. The van der Waals surface area contributed by atoms with Crippen molar-refractivity contribution in [2.75, 3.05) is 5.32 Å². The predicted molar refractivity (Wildman–Crippen MR) is 90.7 cm³/mol. The second kappa shape index (κ2) is 7.32. The van der Waals surface area contributed by atoms with E-state index in [1.807, 2.05) is 45.0 Å². The van der Waals surface area contributed by atoms with Crippen LogP contribution in [-0.4, -0.2) is 12.0 Å². The number of amides is 1. The van der Waals surface area contributed by atoms with Crippen LogP contribution in [0.2, 0.25) is 5.02 Å². The van der Waals surface area contributed by atoms with Crippen LogP contribution in [0.15, 0.2) is 42.5 Å². The van der Waals surface area contributed by atoms with Gasteiger partial charge in [-0.3, -0.25) is 4.79 Å². The molecule has 0 aromatic heterocycles. The number of anilines is 1. The average Bonchev–Trinajstić information content (AvgIpc) is 2.44. The van der Waals surface area contributed by atoms with E-state index in [9.17, 15) is 4.79 Å². The lowest BCUT2D eigenvalue weighted by molar-refractivity contribution is -0.115. The second-order valence-corrected chi connectivity index (χ2v) is 5.87. The van der Waals surface area contributed by atoms with Crippen molar-refractivity contribution in [1.29, 1.82) is 0 Å². The molecule has 116 valence electrons. The van der Waals surface area contributed by atoms with Gasteiger partial charge < -0.3 is 10.1 Å². The zero-order valence-corrected chi connectivity index (χ0v) is 13.8. The topological polar surface area (TPSA) is 38.3 Å². The van der Waals surface area contributed by atoms with Gasteiger partial charge in [-0.1, -0.05) is 35.9 Å². The minimum absolute atomic E-state index is 0.0546. The van der Waals surface area contributed by atoms with E-state index in [1.54, 1.807) is 18.2 Å². The SMILES string of the molecule is Cc1ccccc1CC(=O)Nc1ccc(OC(C)C)c(Cl)c1. The van der Waals surface area contributed by atoms with Crippen molar-refractivity contribution in [3.63, 3.8) is 0 Å². The highest BCUT2D eigenvalue weighted by atomic mass is 35.5. The lowest BCUT2D eigenvalue weighted by Crippen LogP contribution is -2.15. The minimum atomic E-state index is -0.0668. The van der Waals surface area contributed by atoms with Crippen LogP contribution in [0.4, 0.5) is 5.69 Å². The number of aryl methyl sites for hydroxylation is 1. The zero-order valence-electron chi connectivity index (χ0n) is 13.0. The van der Waals surface area contributed by atoms with E-state index in [0.717, 1.165) is 11.1 Å². The zero-order chi connectivity index (χ0) is 16.1. The Morgan fingerprint density at radius 2 is 1.95 bits per heavy atom. The van der Waals surface area contributed by atoms with Gasteiger partial charge in [0.1, 0.15) is 5.75 Å². The molecule has 0 aliphatic rings. The number of carbonyl (C=O) groups is 1. The summed E-state index contributed by atoms with van der Waals surface area (Å²) in [5, 5.41) is 3.35. The average molecular weight is 318 g/mol. The molecule has 0 atom stereocenters. The van der Waals surface area contributed by atoms with Gasteiger partial charge >= 0.3 is 0 Å². The molecule has 0 bridgehead atoms. The van der Waals surface area contributed by atoms with Crippen molar-refractivity contribution in [3.8, 4) is 5.75 Å². The van der Waals surface area contributed by atoms with E-state index in [0.29, 0.717) is 22.9 Å². The Morgan fingerprint density at radius 1 is 1.23 bits per heavy atom. The summed E-state index contributed by atoms with van der Waals surface area (Å²) in [6, 6.07) is 13.1. The van der Waals surface area contributed by atoms with Gasteiger partial charge in [-0.15, -0.1) is 0 Å². The maximum atomic E-state index is 12.1. The molecule has 0 radical (unpaired) electrons. The van der Waals surface area contributed by atoms with Crippen molar-refractivity contribution < 1.29 is 9.53 Å². The Morgan fingerprint density at radius 3 is 2.59 bits per heavy atom. The van der Waals surface area contributed by atoms with Crippen molar-refractivity contribution >= 4 is 23.2 Å². The molecule has 2 rings (SSSR count). The van der Waals surface area contributed by atoms with E-state index in [-0.39, 0.29) is 12.0 Å². The summed E-state index contributed by atoms with van der Waals surface area (Å²) in [5.41, 5.74) is 2.79. The van der Waals surface area contributed by atoms with Crippen LogP contribution in [0.5, 0.6) is 5.75 Å². The Kier molecular flexibility index (Phi) is 5.45. The summed E-state index contributed by atoms with van der Waals surface area (Å²) in [6.45, 7) is 5.87. The quantitative estimate of drug-likeness (QED) is 0.874. The highest BCUT2D eigenvalue weighted by Gasteiger charge is 2.09. The molecule has 0 saturated carbocycles. The molecule has 1 N–H and O–H groups in total. The first-order valence-electron chi connectivity index (χ1n) is 7.26. The van der Waals surface area contributed by atoms with Gasteiger partial charge in [0.15, 0.2) is 0 Å². The summed E-state index contributed by atoms with van der Waals surface area (Å²) in [7, 11) is 0. The fraction of sp³-hybridized carbons (Fsp3) is 0.278. The molecule has 3 nitrogen and oxygen atoms in total. The molecule has 0 fully saturated rings. The van der Waals surface area contributed by atoms with Crippen molar-refractivity contribution in [1.82, 2.24) is 0 Å². The molecule has 0 aliphatic heterocycles. The summed E-state index contributed by atoms with van der Waals surface area (Å²) >= 11 is 6.17. The van der Waals surface area contributed by atoms with Gasteiger partial charge in [-0.05, 0) is 50.1 Å². The molecule has 22 heavy (non-hydrogen) atoms. The Bertz CT molecular complexity index is 668. The third-order valence-corrected chi connectivity index (χ3v) is 3.49. The Labute approximate surface area is 136 Å². The van der Waals surface area contributed by atoms with Crippen LogP contribution in [0, 0.1) is 6.92 Å². The second-order valence-electron chi connectivity index (χ2n) is 5.46. The first kappa shape index (κ1) is 16.4. The highest BCUT2D eigenvalue weighted by Crippen LogP contribution is 2.28. The van der Waals surface area contributed by atoms with E-state index >= 15 is 0 Å². The predicted octanol–water partition coefficient (Wildman–Crippen LogP) is 4.62. The molecule has 1 amide bonds. The fourth-order valence-corrected chi connectivity index (χ4v) is 2.34. The maximum absolute atomic E-state index is 12.1. The van der Waals surface area contributed by atoms with Crippen LogP contribution >= 0.6 is 11.6 Å². The van der Waals surface area contributed by atoms with Crippen LogP contribution in [0.3, 0.4) is 0 Å². The van der Waals surface area contributed by atoms with Crippen molar-refractivity contribution in [3.05, 3.63) is 58.6 Å². The van der Waals surface area contributed by atoms with Crippen LogP contribution in [0.1, 0.15) is 25.0 Å². The third kappa shape index (κ3) is 4.50. The van der Waals surface area contributed by atoms with E-state index in [2.05, 4.69) is 5.32 Å². The molecular formula is C18H20ClNO2. The van der Waals surface area contributed by atoms with E-state index in [1.165, 1.54) is 0 Å². The largest absolute Gasteiger partial charge is 0.489 e. The standard InChI is InChI=1S/C18H20ClNO2/c1-12(2)22-17-9-8-15(11-16(17)19)20-18(21)10-14-7-5-4-6-13(14)3/h4-9,11-12H,10H2,1-3H3,(H,20,21). The first-order chi connectivity index (χ1) is 10.5. The number of hydrogen-bond donors (Lipinski definition) is 1. The third-order valence-electron chi connectivity index (χ3n) is 3.19. The maximum Gasteiger partial charge on any atom is 0.228 e. The van der Waals surface area contributed by atoms with Gasteiger partial charge in [0.2, 0.25) is 5.91 Å². The van der Waals surface area contributed by atoms with Gasteiger partial charge in [-0.25, -0.2) is 0 Å². The van der Waals surface area contributed by atoms with Gasteiger partial charge in [0, 0.05) is 5.69 Å². The lowest BCUT2D eigenvalue weighted by atomic mass is 10.1. The van der Waals surface area contributed by atoms with Crippen LogP contribution in [-0.2, 0) is 11.2 Å². The Hall–Kier alpha value is -2.00. The molecule has 2 aromatic rings. The number of rotatable bonds is 5. The minimum Gasteiger partial charge on any atom is -0.489 e. The van der Waals surface area contributed by atoms with Gasteiger partial charge in [0.25, 0.3) is 0 Å². The Balaban J connectivity index is 2.03. The first-order valence-corrected chi connectivity index (χ1v) is 7.64. The van der Waals surface area contributed by atoms with E-state index < -0.39 is 0 Å². The molecular weight excluding hydrogens is 298 g/mol. The van der Waals surface area contributed by atoms with E-state index in [4.69, 9.17) is 16.3 Å². The monoisotopic (exact) mass is 317 g/mol. The summed E-state index contributed by atoms with van der Waals surface area (Å²) in [6.07, 6.45) is 0.396. The smallest absolute Gasteiger partial charge is 0.228 e. The molecule has 4 heteroatoms. The van der Waals surface area contributed by atoms with Crippen molar-refractivity contribution in [2.45, 2.75) is 33.3 Å². The normalized spacial score (nSPS) is 10.6. The molecule has 0 heterocycles. The number of halogens is 1. The number of carbonyl (C=O) groups excluding carboxylic acids is 1. The van der Waals surface area contributed by atoms with Crippen LogP contribution < -0.4 is 10.1 Å². The summed E-state index contributed by atoms with van der Waals surface area (Å²) in [4.78, 5) is 12.1. The molecule has 2 aromatic carbocycles. The molecule has 0 unspecified atom stereocenters. The number of benzene rings is 2.